The number of carbonyl (C=O) groups is 2. The van der Waals surface area contributed by atoms with Gasteiger partial charge in [-0.15, -0.1) is 0 Å². The minimum atomic E-state index is -1.20. The molecule has 0 saturated heterocycles. The molecule has 0 bridgehead atoms. The second-order valence-electron chi connectivity index (χ2n) is 5.14. The summed E-state index contributed by atoms with van der Waals surface area (Å²) in [6.07, 6.45) is 0. The fourth-order valence-electron chi connectivity index (χ4n) is 1.66. The van der Waals surface area contributed by atoms with Gasteiger partial charge < -0.3 is 10.4 Å². The Kier molecular flexibility index (Phi) is 4.06. The molecular formula is C13H16FNO3. The molecule has 0 heterocycles. The van der Waals surface area contributed by atoms with Gasteiger partial charge in [0.15, 0.2) is 0 Å². The van der Waals surface area contributed by atoms with Crippen molar-refractivity contribution in [2.75, 3.05) is 5.32 Å². The van der Waals surface area contributed by atoms with E-state index in [1.54, 1.807) is 20.8 Å². The van der Waals surface area contributed by atoms with E-state index in [2.05, 4.69) is 5.32 Å². The summed E-state index contributed by atoms with van der Waals surface area (Å²) in [5, 5.41) is 11.5. The standard InChI is InChI=1S/C13H16FNO3/c1-13(2,3)10(12(17)18)11(16)15-9-6-4-5-8(14)7-9/h4-7,10H,1-3H3,(H,15,16)(H,17,18). The normalized spacial score (nSPS) is 12.9. The van der Waals surface area contributed by atoms with E-state index in [9.17, 15) is 14.0 Å². The van der Waals surface area contributed by atoms with Crippen LogP contribution in [0, 0.1) is 17.2 Å². The van der Waals surface area contributed by atoms with Gasteiger partial charge in [0.05, 0.1) is 0 Å². The van der Waals surface area contributed by atoms with Gasteiger partial charge in [-0.1, -0.05) is 26.8 Å². The van der Waals surface area contributed by atoms with Crippen LogP contribution in [0.25, 0.3) is 0 Å². The number of amides is 1. The Morgan fingerprint density at radius 3 is 2.39 bits per heavy atom. The zero-order valence-electron chi connectivity index (χ0n) is 10.5. The van der Waals surface area contributed by atoms with E-state index in [-0.39, 0.29) is 5.69 Å². The van der Waals surface area contributed by atoms with E-state index in [0.717, 1.165) is 6.07 Å². The lowest BCUT2D eigenvalue weighted by atomic mass is 9.80. The maximum Gasteiger partial charge on any atom is 0.316 e. The second-order valence-corrected chi connectivity index (χ2v) is 5.14. The molecule has 0 aliphatic rings. The number of aliphatic carboxylic acids is 1. The second kappa shape index (κ2) is 5.16. The van der Waals surface area contributed by atoms with Crippen molar-refractivity contribution in [1.29, 1.82) is 0 Å². The van der Waals surface area contributed by atoms with Crippen molar-refractivity contribution in [3.63, 3.8) is 0 Å². The molecule has 1 aromatic rings. The summed E-state index contributed by atoms with van der Waals surface area (Å²) >= 11 is 0. The number of hydrogen-bond acceptors (Lipinski definition) is 2. The van der Waals surface area contributed by atoms with Crippen LogP contribution < -0.4 is 5.32 Å². The molecule has 0 saturated carbocycles. The molecule has 1 amide bonds. The average Bonchev–Trinajstić information content (AvgIpc) is 2.13. The molecule has 1 atom stereocenters. The molecule has 1 aromatic carbocycles. The summed E-state index contributed by atoms with van der Waals surface area (Å²) in [6.45, 7) is 4.99. The first-order valence-electron chi connectivity index (χ1n) is 5.51. The van der Waals surface area contributed by atoms with Gasteiger partial charge in [-0.3, -0.25) is 9.59 Å². The van der Waals surface area contributed by atoms with Crippen LogP contribution in [0.4, 0.5) is 10.1 Å². The van der Waals surface area contributed by atoms with Crippen molar-refractivity contribution < 1.29 is 19.1 Å². The molecule has 0 spiro atoms. The molecular weight excluding hydrogens is 237 g/mol. The van der Waals surface area contributed by atoms with Gasteiger partial charge in [-0.25, -0.2) is 4.39 Å². The van der Waals surface area contributed by atoms with Crippen LogP contribution >= 0.6 is 0 Å². The van der Waals surface area contributed by atoms with Gasteiger partial charge in [-0.05, 0) is 23.6 Å². The fourth-order valence-corrected chi connectivity index (χ4v) is 1.66. The molecule has 0 aromatic heterocycles. The van der Waals surface area contributed by atoms with E-state index < -0.39 is 29.0 Å². The zero-order chi connectivity index (χ0) is 13.9. The maximum atomic E-state index is 12.9. The summed E-state index contributed by atoms with van der Waals surface area (Å²) in [6, 6.07) is 5.33. The Hall–Kier alpha value is -1.91. The molecule has 2 N–H and O–H groups in total. The fraction of sp³-hybridized carbons (Fsp3) is 0.385. The van der Waals surface area contributed by atoms with Crippen molar-refractivity contribution >= 4 is 17.6 Å². The summed E-state index contributed by atoms with van der Waals surface area (Å²) in [5.74, 6) is -3.53. The Morgan fingerprint density at radius 1 is 1.33 bits per heavy atom. The number of benzene rings is 1. The summed E-state index contributed by atoms with van der Waals surface area (Å²) in [4.78, 5) is 23.0. The van der Waals surface area contributed by atoms with E-state index >= 15 is 0 Å². The van der Waals surface area contributed by atoms with Crippen LogP contribution in [0.15, 0.2) is 24.3 Å². The van der Waals surface area contributed by atoms with Gasteiger partial charge >= 0.3 is 5.97 Å². The van der Waals surface area contributed by atoms with Crippen LogP contribution in [0.5, 0.6) is 0 Å². The quantitative estimate of drug-likeness (QED) is 0.813. The van der Waals surface area contributed by atoms with Crippen molar-refractivity contribution in [2.45, 2.75) is 20.8 Å². The third-order valence-corrected chi connectivity index (χ3v) is 2.47. The third-order valence-electron chi connectivity index (χ3n) is 2.47. The predicted octanol–water partition coefficient (Wildman–Crippen LogP) is 2.51. The highest BCUT2D eigenvalue weighted by molar-refractivity contribution is 6.04. The minimum Gasteiger partial charge on any atom is -0.481 e. The third kappa shape index (κ3) is 3.55. The van der Waals surface area contributed by atoms with Gasteiger partial charge in [0, 0.05) is 5.69 Å². The predicted molar refractivity (Wildman–Crippen MR) is 65.6 cm³/mol. The van der Waals surface area contributed by atoms with Gasteiger partial charge in [0.1, 0.15) is 11.7 Å². The number of carboxylic acid groups (broad SMARTS) is 1. The lowest BCUT2D eigenvalue weighted by Gasteiger charge is -2.25. The average molecular weight is 253 g/mol. The first-order chi connectivity index (χ1) is 8.21. The summed E-state index contributed by atoms with van der Waals surface area (Å²) in [5.41, 5.74) is -0.473. The Labute approximate surface area is 105 Å². The van der Waals surface area contributed by atoms with Crippen LogP contribution in [-0.4, -0.2) is 17.0 Å². The number of hydrogen-bond donors (Lipinski definition) is 2. The number of nitrogens with one attached hydrogen (secondary N) is 1. The van der Waals surface area contributed by atoms with Gasteiger partial charge in [0.2, 0.25) is 5.91 Å². The molecule has 1 rings (SSSR count). The first kappa shape index (κ1) is 14.2. The largest absolute Gasteiger partial charge is 0.481 e. The molecule has 18 heavy (non-hydrogen) atoms. The van der Waals surface area contributed by atoms with Gasteiger partial charge in [-0.2, -0.15) is 0 Å². The molecule has 0 aliphatic heterocycles. The highest BCUT2D eigenvalue weighted by Gasteiger charge is 2.37. The van der Waals surface area contributed by atoms with Gasteiger partial charge in [0.25, 0.3) is 0 Å². The van der Waals surface area contributed by atoms with Crippen molar-refractivity contribution in [2.24, 2.45) is 11.3 Å². The van der Waals surface area contributed by atoms with Crippen LogP contribution in [0.1, 0.15) is 20.8 Å². The molecule has 98 valence electrons. The molecule has 0 aliphatic carbocycles. The Bertz CT molecular complexity index is 466. The van der Waals surface area contributed by atoms with Crippen molar-refractivity contribution in [1.82, 2.24) is 0 Å². The van der Waals surface area contributed by atoms with Crippen molar-refractivity contribution in [3.8, 4) is 0 Å². The smallest absolute Gasteiger partial charge is 0.316 e. The maximum absolute atomic E-state index is 12.9. The van der Waals surface area contributed by atoms with Crippen molar-refractivity contribution in [3.05, 3.63) is 30.1 Å². The highest BCUT2D eigenvalue weighted by Crippen LogP contribution is 2.27. The number of rotatable bonds is 3. The van der Waals surface area contributed by atoms with Crippen LogP contribution in [0.2, 0.25) is 0 Å². The number of anilines is 1. The van der Waals surface area contributed by atoms with E-state index in [1.165, 1.54) is 18.2 Å². The topological polar surface area (TPSA) is 66.4 Å². The molecule has 1 unspecified atom stereocenters. The Morgan fingerprint density at radius 2 is 1.94 bits per heavy atom. The summed E-state index contributed by atoms with van der Waals surface area (Å²) < 4.78 is 12.9. The number of carbonyl (C=O) groups excluding carboxylic acids is 1. The van der Waals surface area contributed by atoms with E-state index in [1.807, 2.05) is 0 Å². The van der Waals surface area contributed by atoms with Crippen LogP contribution in [0.3, 0.4) is 0 Å². The Balaban J connectivity index is 2.90. The summed E-state index contributed by atoms with van der Waals surface area (Å²) in [7, 11) is 0. The van der Waals surface area contributed by atoms with E-state index in [0.29, 0.717) is 0 Å². The number of carboxylic acids is 1. The minimum absolute atomic E-state index is 0.246. The molecule has 0 radical (unpaired) electrons. The van der Waals surface area contributed by atoms with Crippen LogP contribution in [-0.2, 0) is 9.59 Å². The van der Waals surface area contributed by atoms with E-state index in [4.69, 9.17) is 5.11 Å². The first-order valence-corrected chi connectivity index (χ1v) is 5.51. The molecule has 0 fully saturated rings. The lowest BCUT2D eigenvalue weighted by molar-refractivity contribution is -0.149. The highest BCUT2D eigenvalue weighted by atomic mass is 19.1. The number of halogens is 1. The SMILES string of the molecule is CC(C)(C)C(C(=O)O)C(=O)Nc1cccc(F)c1. The molecule has 4 nitrogen and oxygen atoms in total. The monoisotopic (exact) mass is 253 g/mol. The molecule has 5 heteroatoms. The lowest BCUT2D eigenvalue weighted by Crippen LogP contribution is -2.39. The zero-order valence-corrected chi connectivity index (χ0v) is 10.5.